The van der Waals surface area contributed by atoms with Gasteiger partial charge in [-0.05, 0) is 44.0 Å². The summed E-state index contributed by atoms with van der Waals surface area (Å²) in [5, 5.41) is 13.2. The Hall–Kier alpha value is -0.0900. The highest BCUT2D eigenvalue weighted by Crippen LogP contribution is 2.30. The fourth-order valence-electron chi connectivity index (χ4n) is 2.20. The summed E-state index contributed by atoms with van der Waals surface area (Å²) in [6.45, 7) is 3.03. The topological polar surface area (TPSA) is 32.3 Å². The molecule has 1 aromatic carbocycles. The highest BCUT2D eigenvalue weighted by Gasteiger charge is 2.32. The van der Waals surface area contributed by atoms with Crippen molar-refractivity contribution in [3.05, 3.63) is 34.3 Å². The minimum absolute atomic E-state index is 0. The van der Waals surface area contributed by atoms with Gasteiger partial charge in [0.2, 0.25) is 0 Å². The van der Waals surface area contributed by atoms with Crippen LogP contribution in [-0.2, 0) is 5.54 Å². The van der Waals surface area contributed by atoms with Gasteiger partial charge in [-0.15, -0.1) is 12.4 Å². The number of piperidine rings is 1. The summed E-state index contributed by atoms with van der Waals surface area (Å²) < 4.78 is 1.09. The Morgan fingerprint density at radius 2 is 2.00 bits per heavy atom. The van der Waals surface area contributed by atoms with Crippen molar-refractivity contribution in [2.24, 2.45) is 0 Å². The molecule has 16 heavy (non-hydrogen) atoms. The molecule has 0 saturated carbocycles. The van der Waals surface area contributed by atoms with Gasteiger partial charge in [-0.3, -0.25) is 0 Å². The summed E-state index contributed by atoms with van der Waals surface area (Å²) in [5.41, 5.74) is 1.16. The molecule has 1 aliphatic rings. The number of benzene rings is 1. The molecular weight excluding hydrogens is 289 g/mol. The van der Waals surface area contributed by atoms with Crippen LogP contribution in [0.25, 0.3) is 0 Å². The molecule has 0 amide bonds. The van der Waals surface area contributed by atoms with Gasteiger partial charge in [0.25, 0.3) is 0 Å². The molecule has 1 aliphatic heterocycles. The fourth-order valence-corrected chi connectivity index (χ4v) is 2.46. The number of hydrogen-bond donors (Lipinski definition) is 2. The van der Waals surface area contributed by atoms with Gasteiger partial charge in [0.15, 0.2) is 0 Å². The fraction of sp³-hybridized carbons (Fsp3) is 0.500. The average Bonchev–Trinajstić information content (AvgIpc) is 2.18. The Morgan fingerprint density at radius 3 is 2.56 bits per heavy atom. The second-order valence-electron chi connectivity index (χ2n) is 4.41. The lowest BCUT2D eigenvalue weighted by atomic mass is 9.83. The summed E-state index contributed by atoms with van der Waals surface area (Å²) in [6.07, 6.45) is 1.46. The lowest BCUT2D eigenvalue weighted by Crippen LogP contribution is -2.47. The Kier molecular flexibility index (Phi) is 4.80. The largest absolute Gasteiger partial charge is 0.393 e. The SMILES string of the molecule is CC1(c2ccc(Br)cc2)CC(O)CCN1.Cl. The van der Waals surface area contributed by atoms with Crippen LogP contribution in [0.2, 0.25) is 0 Å². The molecule has 0 radical (unpaired) electrons. The van der Waals surface area contributed by atoms with Crippen molar-refractivity contribution in [3.63, 3.8) is 0 Å². The molecule has 1 aromatic rings. The zero-order chi connectivity index (χ0) is 10.9. The van der Waals surface area contributed by atoms with Crippen molar-refractivity contribution in [1.82, 2.24) is 5.32 Å². The normalized spacial score (nSPS) is 29.6. The minimum Gasteiger partial charge on any atom is -0.393 e. The third-order valence-corrected chi connectivity index (χ3v) is 3.65. The van der Waals surface area contributed by atoms with Gasteiger partial charge in [0.05, 0.1) is 6.10 Å². The first kappa shape index (κ1) is 14.0. The van der Waals surface area contributed by atoms with E-state index in [0.717, 1.165) is 23.9 Å². The van der Waals surface area contributed by atoms with Crippen molar-refractivity contribution in [2.75, 3.05) is 6.54 Å². The van der Waals surface area contributed by atoms with Gasteiger partial charge in [0.1, 0.15) is 0 Å². The third-order valence-electron chi connectivity index (χ3n) is 3.12. The van der Waals surface area contributed by atoms with E-state index in [1.54, 1.807) is 0 Å². The van der Waals surface area contributed by atoms with Crippen molar-refractivity contribution >= 4 is 28.3 Å². The Labute approximate surface area is 111 Å². The first-order valence-corrected chi connectivity index (χ1v) is 6.09. The summed E-state index contributed by atoms with van der Waals surface area (Å²) in [4.78, 5) is 0. The van der Waals surface area contributed by atoms with Gasteiger partial charge in [-0.25, -0.2) is 0 Å². The van der Waals surface area contributed by atoms with E-state index in [2.05, 4.69) is 40.3 Å². The molecule has 2 rings (SSSR count). The second kappa shape index (κ2) is 5.50. The summed E-state index contributed by atoms with van der Waals surface area (Å²) >= 11 is 3.43. The zero-order valence-corrected chi connectivity index (χ0v) is 11.6. The molecule has 2 unspecified atom stereocenters. The van der Waals surface area contributed by atoms with Crippen LogP contribution in [0.4, 0.5) is 0 Å². The number of aliphatic hydroxyl groups excluding tert-OH is 1. The smallest absolute Gasteiger partial charge is 0.0573 e. The molecule has 1 heterocycles. The third kappa shape index (κ3) is 2.98. The monoisotopic (exact) mass is 305 g/mol. The maximum absolute atomic E-state index is 9.71. The van der Waals surface area contributed by atoms with E-state index in [9.17, 15) is 5.11 Å². The van der Waals surface area contributed by atoms with Crippen LogP contribution in [0.15, 0.2) is 28.7 Å². The van der Waals surface area contributed by atoms with E-state index in [1.807, 2.05) is 12.1 Å². The van der Waals surface area contributed by atoms with E-state index in [4.69, 9.17) is 0 Å². The van der Waals surface area contributed by atoms with Crippen LogP contribution >= 0.6 is 28.3 Å². The lowest BCUT2D eigenvalue weighted by molar-refractivity contribution is 0.0835. The molecule has 0 spiro atoms. The van der Waals surface area contributed by atoms with Crippen molar-refractivity contribution in [1.29, 1.82) is 0 Å². The molecule has 0 aliphatic carbocycles. The maximum atomic E-state index is 9.71. The Bertz CT molecular complexity index is 343. The van der Waals surface area contributed by atoms with Gasteiger partial charge in [-0.1, -0.05) is 28.1 Å². The summed E-state index contributed by atoms with van der Waals surface area (Å²) in [7, 11) is 0. The van der Waals surface area contributed by atoms with Crippen LogP contribution in [0, 0.1) is 0 Å². The first-order valence-electron chi connectivity index (χ1n) is 5.29. The average molecular weight is 307 g/mol. The molecule has 0 aromatic heterocycles. The molecule has 90 valence electrons. The standard InChI is InChI=1S/C12H16BrNO.ClH/c1-12(8-11(15)6-7-14-12)9-2-4-10(13)5-3-9;/h2-5,11,14-15H,6-8H2,1H3;1H. The molecule has 2 nitrogen and oxygen atoms in total. The van der Waals surface area contributed by atoms with Gasteiger partial charge < -0.3 is 10.4 Å². The molecule has 4 heteroatoms. The number of aliphatic hydroxyl groups is 1. The Balaban J connectivity index is 0.00000128. The van der Waals surface area contributed by atoms with E-state index in [0.29, 0.717) is 0 Å². The molecule has 2 N–H and O–H groups in total. The molecule has 2 atom stereocenters. The molecule has 1 saturated heterocycles. The van der Waals surface area contributed by atoms with Gasteiger partial charge in [0, 0.05) is 10.0 Å². The van der Waals surface area contributed by atoms with Gasteiger partial charge >= 0.3 is 0 Å². The van der Waals surface area contributed by atoms with E-state index in [1.165, 1.54) is 5.56 Å². The van der Waals surface area contributed by atoms with E-state index in [-0.39, 0.29) is 24.0 Å². The predicted octanol–water partition coefficient (Wildman–Crippen LogP) is 2.83. The number of nitrogens with one attached hydrogen (secondary N) is 1. The van der Waals surface area contributed by atoms with Crippen molar-refractivity contribution in [2.45, 2.75) is 31.4 Å². The van der Waals surface area contributed by atoms with Gasteiger partial charge in [-0.2, -0.15) is 0 Å². The van der Waals surface area contributed by atoms with Crippen LogP contribution in [-0.4, -0.2) is 17.8 Å². The number of halogens is 2. The zero-order valence-electron chi connectivity index (χ0n) is 9.24. The van der Waals surface area contributed by atoms with Crippen molar-refractivity contribution in [3.8, 4) is 0 Å². The van der Waals surface area contributed by atoms with Crippen LogP contribution in [0.1, 0.15) is 25.3 Å². The highest BCUT2D eigenvalue weighted by atomic mass is 79.9. The van der Waals surface area contributed by atoms with E-state index >= 15 is 0 Å². The quantitative estimate of drug-likeness (QED) is 0.836. The van der Waals surface area contributed by atoms with Crippen LogP contribution in [0.3, 0.4) is 0 Å². The van der Waals surface area contributed by atoms with E-state index < -0.39 is 0 Å². The number of rotatable bonds is 1. The maximum Gasteiger partial charge on any atom is 0.0573 e. The van der Waals surface area contributed by atoms with Crippen LogP contribution in [0.5, 0.6) is 0 Å². The molecule has 0 bridgehead atoms. The lowest BCUT2D eigenvalue weighted by Gasteiger charge is -2.38. The second-order valence-corrected chi connectivity index (χ2v) is 5.33. The number of hydrogen-bond acceptors (Lipinski definition) is 2. The summed E-state index contributed by atoms with van der Waals surface area (Å²) in [5.74, 6) is 0. The summed E-state index contributed by atoms with van der Waals surface area (Å²) in [6, 6.07) is 8.30. The minimum atomic E-state index is -0.181. The van der Waals surface area contributed by atoms with Crippen molar-refractivity contribution < 1.29 is 5.11 Å². The highest BCUT2D eigenvalue weighted by molar-refractivity contribution is 9.10. The first-order chi connectivity index (χ1) is 7.10. The molecular formula is C12H17BrClNO. The molecule has 1 fully saturated rings. The van der Waals surface area contributed by atoms with Crippen LogP contribution < -0.4 is 5.32 Å². The Morgan fingerprint density at radius 1 is 1.38 bits per heavy atom. The predicted molar refractivity (Wildman–Crippen MR) is 72.0 cm³/mol.